The maximum Gasteiger partial charge on any atom is 0.274 e. The van der Waals surface area contributed by atoms with Crippen molar-refractivity contribution in [2.75, 3.05) is 11.4 Å². The number of anilines is 1. The van der Waals surface area contributed by atoms with Crippen molar-refractivity contribution in [1.82, 2.24) is 24.6 Å². The van der Waals surface area contributed by atoms with Gasteiger partial charge in [-0.2, -0.15) is 4.52 Å². The molecule has 4 aromatic heterocycles. The predicted molar refractivity (Wildman–Crippen MR) is 111 cm³/mol. The maximum atomic E-state index is 12.2. The lowest BCUT2D eigenvalue weighted by molar-refractivity contribution is 0.685. The predicted octanol–water partition coefficient (Wildman–Crippen LogP) is 2.73. The second-order valence-electron chi connectivity index (χ2n) is 7.43. The molecule has 0 spiro atoms. The summed E-state index contributed by atoms with van der Waals surface area (Å²) in [5, 5.41) is 4.60. The Balaban J connectivity index is 1.52. The van der Waals surface area contributed by atoms with Crippen LogP contribution in [0.1, 0.15) is 22.4 Å². The third kappa shape index (κ3) is 3.14. The van der Waals surface area contributed by atoms with E-state index in [0.717, 1.165) is 52.4 Å². The van der Waals surface area contributed by atoms with Gasteiger partial charge in [-0.25, -0.2) is 4.98 Å². The van der Waals surface area contributed by atoms with Crippen molar-refractivity contribution < 1.29 is 0 Å². The number of pyridine rings is 2. The summed E-state index contributed by atoms with van der Waals surface area (Å²) in [6.07, 6.45) is 6.12. The van der Waals surface area contributed by atoms with Crippen LogP contribution >= 0.6 is 0 Å². The van der Waals surface area contributed by atoms with Gasteiger partial charge in [-0.15, -0.1) is 5.10 Å². The van der Waals surface area contributed by atoms with E-state index in [1.54, 1.807) is 0 Å². The average molecular weight is 384 g/mol. The first-order valence-corrected chi connectivity index (χ1v) is 9.60. The minimum atomic E-state index is -0.178. The summed E-state index contributed by atoms with van der Waals surface area (Å²) in [5.74, 6) is 0.803. The summed E-state index contributed by atoms with van der Waals surface area (Å²) < 4.78 is 1.36. The first-order valence-electron chi connectivity index (χ1n) is 9.60. The van der Waals surface area contributed by atoms with E-state index in [4.69, 9.17) is 0 Å². The molecule has 29 heavy (non-hydrogen) atoms. The minimum Gasteiger partial charge on any atom is -0.350 e. The summed E-state index contributed by atoms with van der Waals surface area (Å²) >= 11 is 0. The van der Waals surface area contributed by atoms with Gasteiger partial charge in [-0.05, 0) is 48.7 Å². The molecule has 0 fully saturated rings. The standard InChI is InChI=1S/C22H20N6O/c1-14-3-4-18(24-11-14)16-10-17-13-27(8-6-19(17)25-12-16)22-15(2)9-20-23-7-5-21(29)28(20)26-22/h3-5,7,9-12H,6,8,13H2,1-2H3. The van der Waals surface area contributed by atoms with Crippen LogP contribution in [0, 0.1) is 13.8 Å². The summed E-state index contributed by atoms with van der Waals surface area (Å²) in [6, 6.07) is 9.58. The Morgan fingerprint density at radius 1 is 1.00 bits per heavy atom. The highest BCUT2D eigenvalue weighted by atomic mass is 16.1. The summed E-state index contributed by atoms with van der Waals surface area (Å²) in [6.45, 7) is 5.52. The number of rotatable bonds is 2. The van der Waals surface area contributed by atoms with Crippen molar-refractivity contribution in [1.29, 1.82) is 0 Å². The SMILES string of the molecule is Cc1ccc(-c2cnc3c(c2)CN(c2nn4c(=O)ccnc4cc2C)CC3)nc1. The van der Waals surface area contributed by atoms with Crippen molar-refractivity contribution in [3.63, 3.8) is 0 Å². The van der Waals surface area contributed by atoms with Gasteiger partial charge in [-0.1, -0.05) is 6.07 Å². The van der Waals surface area contributed by atoms with Crippen molar-refractivity contribution >= 4 is 11.5 Å². The second-order valence-corrected chi connectivity index (χ2v) is 7.43. The lowest BCUT2D eigenvalue weighted by atomic mass is 10.0. The molecule has 0 saturated carbocycles. The molecule has 7 heteroatoms. The number of hydrogen-bond acceptors (Lipinski definition) is 6. The van der Waals surface area contributed by atoms with E-state index >= 15 is 0 Å². The summed E-state index contributed by atoms with van der Waals surface area (Å²) in [4.78, 5) is 27.8. The number of aromatic nitrogens is 5. The minimum absolute atomic E-state index is 0.178. The smallest absolute Gasteiger partial charge is 0.274 e. The highest BCUT2D eigenvalue weighted by Gasteiger charge is 2.21. The molecule has 0 radical (unpaired) electrons. The normalized spacial score (nSPS) is 13.5. The van der Waals surface area contributed by atoms with Crippen LogP contribution < -0.4 is 10.5 Å². The molecule has 1 aliphatic rings. The zero-order valence-corrected chi connectivity index (χ0v) is 16.3. The van der Waals surface area contributed by atoms with Crippen molar-refractivity contribution in [2.45, 2.75) is 26.8 Å². The highest BCUT2D eigenvalue weighted by Crippen LogP contribution is 2.27. The van der Waals surface area contributed by atoms with Gasteiger partial charge in [-0.3, -0.25) is 14.8 Å². The van der Waals surface area contributed by atoms with Crippen molar-refractivity contribution in [2.24, 2.45) is 0 Å². The van der Waals surface area contributed by atoms with Crippen LogP contribution in [0.4, 0.5) is 5.82 Å². The molecule has 0 amide bonds. The number of aryl methyl sites for hydroxylation is 2. The van der Waals surface area contributed by atoms with Gasteiger partial charge in [0.2, 0.25) is 0 Å². The Morgan fingerprint density at radius 2 is 1.90 bits per heavy atom. The van der Waals surface area contributed by atoms with E-state index in [0.29, 0.717) is 12.2 Å². The van der Waals surface area contributed by atoms with Gasteiger partial charge >= 0.3 is 0 Å². The van der Waals surface area contributed by atoms with Gasteiger partial charge in [0, 0.05) is 55.4 Å². The molecule has 0 saturated heterocycles. The fourth-order valence-electron chi connectivity index (χ4n) is 3.74. The van der Waals surface area contributed by atoms with Gasteiger partial charge in [0.15, 0.2) is 11.5 Å². The molecule has 0 N–H and O–H groups in total. The van der Waals surface area contributed by atoms with Crippen molar-refractivity contribution in [3.8, 4) is 11.3 Å². The Bertz CT molecular complexity index is 1280. The Hall–Kier alpha value is -3.61. The Morgan fingerprint density at radius 3 is 2.72 bits per heavy atom. The highest BCUT2D eigenvalue weighted by molar-refractivity contribution is 5.61. The fraction of sp³-hybridized carbons (Fsp3) is 0.227. The molecule has 7 nitrogen and oxygen atoms in total. The van der Waals surface area contributed by atoms with E-state index in [9.17, 15) is 4.79 Å². The maximum absolute atomic E-state index is 12.2. The quantitative estimate of drug-likeness (QED) is 0.529. The van der Waals surface area contributed by atoms with E-state index in [1.807, 2.05) is 38.4 Å². The molecule has 0 aliphatic carbocycles. The zero-order valence-electron chi connectivity index (χ0n) is 16.3. The van der Waals surface area contributed by atoms with E-state index < -0.39 is 0 Å². The first-order chi connectivity index (χ1) is 14.1. The van der Waals surface area contributed by atoms with Crippen LogP contribution in [0.5, 0.6) is 0 Å². The molecule has 1 aliphatic heterocycles. The molecule has 5 heterocycles. The second kappa shape index (κ2) is 6.77. The lowest BCUT2D eigenvalue weighted by Crippen LogP contribution is -2.33. The topological polar surface area (TPSA) is 76.3 Å². The molecule has 144 valence electrons. The summed E-state index contributed by atoms with van der Waals surface area (Å²) in [5.41, 5.74) is 6.71. The van der Waals surface area contributed by atoms with Crippen LogP contribution in [-0.4, -0.2) is 31.1 Å². The molecule has 0 atom stereocenters. The molecule has 0 unspecified atom stereocenters. The van der Waals surface area contributed by atoms with Gasteiger partial charge in [0.05, 0.1) is 5.69 Å². The van der Waals surface area contributed by atoms with E-state index in [2.05, 4.69) is 37.1 Å². The molecule has 0 aromatic carbocycles. The van der Waals surface area contributed by atoms with Crippen LogP contribution in [0.25, 0.3) is 16.9 Å². The van der Waals surface area contributed by atoms with Crippen LogP contribution in [0.15, 0.2) is 53.7 Å². The van der Waals surface area contributed by atoms with Gasteiger partial charge in [0.25, 0.3) is 5.56 Å². The Labute approximate surface area is 167 Å². The third-order valence-corrected chi connectivity index (χ3v) is 5.29. The monoisotopic (exact) mass is 384 g/mol. The largest absolute Gasteiger partial charge is 0.350 e. The number of nitrogens with zero attached hydrogens (tertiary/aromatic N) is 6. The molecule has 4 aromatic rings. The van der Waals surface area contributed by atoms with Gasteiger partial charge in [0.1, 0.15) is 0 Å². The van der Waals surface area contributed by atoms with E-state index in [1.165, 1.54) is 16.8 Å². The summed E-state index contributed by atoms with van der Waals surface area (Å²) in [7, 11) is 0. The number of hydrogen-bond donors (Lipinski definition) is 0. The molecular weight excluding hydrogens is 364 g/mol. The Kier molecular flexibility index (Phi) is 4.08. The van der Waals surface area contributed by atoms with Crippen LogP contribution in [0.3, 0.4) is 0 Å². The molecular formula is C22H20N6O. The third-order valence-electron chi connectivity index (χ3n) is 5.29. The van der Waals surface area contributed by atoms with Crippen LogP contribution in [-0.2, 0) is 13.0 Å². The van der Waals surface area contributed by atoms with E-state index in [-0.39, 0.29) is 5.56 Å². The van der Waals surface area contributed by atoms with Crippen molar-refractivity contribution in [3.05, 3.63) is 81.7 Å². The zero-order chi connectivity index (χ0) is 20.0. The molecule has 5 rings (SSSR count). The average Bonchev–Trinajstić information content (AvgIpc) is 2.73. The fourth-order valence-corrected chi connectivity index (χ4v) is 3.74. The van der Waals surface area contributed by atoms with Crippen LogP contribution in [0.2, 0.25) is 0 Å². The lowest BCUT2D eigenvalue weighted by Gasteiger charge is -2.30. The van der Waals surface area contributed by atoms with Gasteiger partial charge < -0.3 is 4.90 Å². The molecule has 0 bridgehead atoms. The number of fused-ring (bicyclic) bond motifs is 2. The first kappa shape index (κ1) is 17.5.